The lowest BCUT2D eigenvalue weighted by Crippen LogP contribution is -2.36. The first kappa shape index (κ1) is 14.0. The highest BCUT2D eigenvalue weighted by Gasteiger charge is 2.15. The molecular formula is C14H23NO2. The van der Waals surface area contributed by atoms with E-state index in [1.54, 1.807) is 7.11 Å². The summed E-state index contributed by atoms with van der Waals surface area (Å²) in [6, 6.07) is 8.11. The van der Waals surface area contributed by atoms with Crippen molar-refractivity contribution in [1.82, 2.24) is 5.32 Å². The average molecular weight is 237 g/mol. The maximum Gasteiger partial charge on any atom is 0.123 e. The third-order valence-corrected chi connectivity index (χ3v) is 2.69. The van der Waals surface area contributed by atoms with E-state index in [1.807, 2.05) is 25.1 Å². The molecule has 0 unspecified atom stereocenters. The summed E-state index contributed by atoms with van der Waals surface area (Å²) < 4.78 is 10.9. The summed E-state index contributed by atoms with van der Waals surface area (Å²) in [5.41, 5.74) is 1.04. The van der Waals surface area contributed by atoms with Crippen molar-refractivity contribution in [3.05, 3.63) is 29.8 Å². The van der Waals surface area contributed by atoms with E-state index in [9.17, 15) is 0 Å². The van der Waals surface area contributed by atoms with Crippen molar-refractivity contribution in [3.63, 3.8) is 0 Å². The Bertz CT molecular complexity index is 337. The molecule has 0 atom stereocenters. The molecule has 3 heteroatoms. The van der Waals surface area contributed by atoms with Gasteiger partial charge in [-0.1, -0.05) is 18.2 Å². The second-order valence-corrected chi connectivity index (χ2v) is 4.61. The van der Waals surface area contributed by atoms with Gasteiger partial charge in [0.1, 0.15) is 5.75 Å². The van der Waals surface area contributed by atoms with E-state index in [0.717, 1.165) is 18.8 Å². The second kappa shape index (κ2) is 6.62. The zero-order chi connectivity index (χ0) is 12.7. The molecule has 0 aromatic heterocycles. The molecule has 1 aromatic rings. The number of methoxy groups -OCH3 is 1. The highest BCUT2D eigenvalue weighted by molar-refractivity contribution is 5.33. The van der Waals surface area contributed by atoms with Crippen LogP contribution in [0.15, 0.2) is 24.3 Å². The van der Waals surface area contributed by atoms with Gasteiger partial charge in [-0.25, -0.2) is 0 Å². The molecule has 0 aliphatic rings. The fourth-order valence-electron chi connectivity index (χ4n) is 1.52. The number of nitrogens with one attached hydrogen (secondary N) is 1. The maximum absolute atomic E-state index is 5.57. The molecule has 0 aliphatic carbocycles. The first-order chi connectivity index (χ1) is 8.09. The van der Waals surface area contributed by atoms with Gasteiger partial charge in [-0.2, -0.15) is 0 Å². The smallest absolute Gasteiger partial charge is 0.123 e. The van der Waals surface area contributed by atoms with E-state index in [1.165, 1.54) is 5.56 Å². The van der Waals surface area contributed by atoms with E-state index in [0.29, 0.717) is 6.61 Å². The average Bonchev–Trinajstić information content (AvgIpc) is 2.31. The van der Waals surface area contributed by atoms with Gasteiger partial charge in [0.2, 0.25) is 0 Å². The summed E-state index contributed by atoms with van der Waals surface area (Å²) in [7, 11) is 1.73. The van der Waals surface area contributed by atoms with Crippen molar-refractivity contribution in [2.24, 2.45) is 0 Å². The Kier molecular flexibility index (Phi) is 5.45. The van der Waals surface area contributed by atoms with E-state index >= 15 is 0 Å². The van der Waals surface area contributed by atoms with Gasteiger partial charge in [0.05, 0.1) is 12.2 Å². The summed E-state index contributed by atoms with van der Waals surface area (Å²) in [4.78, 5) is 0. The van der Waals surface area contributed by atoms with Crippen LogP contribution in [0, 0.1) is 0 Å². The predicted octanol–water partition coefficient (Wildman–Crippen LogP) is 2.60. The first-order valence-corrected chi connectivity index (χ1v) is 6.05. The summed E-state index contributed by atoms with van der Waals surface area (Å²) >= 11 is 0. The zero-order valence-electron chi connectivity index (χ0n) is 11.2. The standard InChI is InChI=1S/C14H23NO2/c1-5-17-13-9-7-6-8-12(13)10-15-11-14(2,3)16-4/h6-9,15H,5,10-11H2,1-4H3. The van der Waals surface area contributed by atoms with Gasteiger partial charge < -0.3 is 14.8 Å². The largest absolute Gasteiger partial charge is 0.494 e. The van der Waals surface area contributed by atoms with E-state index < -0.39 is 0 Å². The summed E-state index contributed by atoms with van der Waals surface area (Å²) in [5.74, 6) is 0.956. The minimum absolute atomic E-state index is 0.138. The van der Waals surface area contributed by atoms with Crippen LogP contribution < -0.4 is 10.1 Å². The number of para-hydroxylation sites is 1. The molecule has 0 radical (unpaired) electrons. The molecule has 0 aliphatic heterocycles. The number of hydrogen-bond acceptors (Lipinski definition) is 3. The van der Waals surface area contributed by atoms with Gasteiger partial charge in [0.15, 0.2) is 0 Å². The van der Waals surface area contributed by atoms with Crippen molar-refractivity contribution >= 4 is 0 Å². The molecule has 0 fully saturated rings. The van der Waals surface area contributed by atoms with Crippen LogP contribution >= 0.6 is 0 Å². The van der Waals surface area contributed by atoms with Crippen molar-refractivity contribution in [1.29, 1.82) is 0 Å². The van der Waals surface area contributed by atoms with Gasteiger partial charge in [0.25, 0.3) is 0 Å². The Morgan fingerprint density at radius 3 is 2.59 bits per heavy atom. The lowest BCUT2D eigenvalue weighted by Gasteiger charge is -2.23. The van der Waals surface area contributed by atoms with Crippen LogP contribution in [0.25, 0.3) is 0 Å². The van der Waals surface area contributed by atoms with E-state index in [-0.39, 0.29) is 5.60 Å². The Morgan fingerprint density at radius 2 is 1.94 bits per heavy atom. The summed E-state index contributed by atoms with van der Waals surface area (Å²) in [5, 5.41) is 3.39. The minimum atomic E-state index is -0.138. The molecule has 3 nitrogen and oxygen atoms in total. The molecule has 0 saturated heterocycles. The third-order valence-electron chi connectivity index (χ3n) is 2.69. The zero-order valence-corrected chi connectivity index (χ0v) is 11.2. The number of benzene rings is 1. The molecular weight excluding hydrogens is 214 g/mol. The maximum atomic E-state index is 5.57. The quantitative estimate of drug-likeness (QED) is 0.790. The van der Waals surface area contributed by atoms with Crippen LogP contribution in [0.4, 0.5) is 0 Å². The van der Waals surface area contributed by atoms with Crippen molar-refractivity contribution in [2.45, 2.75) is 32.9 Å². The van der Waals surface area contributed by atoms with Gasteiger partial charge in [-0.3, -0.25) is 0 Å². The SMILES string of the molecule is CCOc1ccccc1CNCC(C)(C)OC. The molecule has 1 aromatic carbocycles. The molecule has 1 rings (SSSR count). The molecule has 0 heterocycles. The van der Waals surface area contributed by atoms with E-state index in [4.69, 9.17) is 9.47 Å². The molecule has 0 spiro atoms. The van der Waals surface area contributed by atoms with Crippen LogP contribution in [-0.4, -0.2) is 25.9 Å². The minimum Gasteiger partial charge on any atom is -0.494 e. The Morgan fingerprint density at radius 1 is 1.24 bits per heavy atom. The van der Waals surface area contributed by atoms with Crippen LogP contribution in [-0.2, 0) is 11.3 Å². The monoisotopic (exact) mass is 237 g/mol. The summed E-state index contributed by atoms with van der Waals surface area (Å²) in [6.07, 6.45) is 0. The highest BCUT2D eigenvalue weighted by Crippen LogP contribution is 2.17. The van der Waals surface area contributed by atoms with Crippen molar-refractivity contribution in [3.8, 4) is 5.75 Å². The number of ether oxygens (including phenoxy) is 2. The first-order valence-electron chi connectivity index (χ1n) is 6.05. The summed E-state index contributed by atoms with van der Waals surface area (Å²) in [6.45, 7) is 8.43. The van der Waals surface area contributed by atoms with Crippen molar-refractivity contribution < 1.29 is 9.47 Å². The lowest BCUT2D eigenvalue weighted by molar-refractivity contribution is 0.0230. The van der Waals surface area contributed by atoms with Gasteiger partial charge in [-0.15, -0.1) is 0 Å². The molecule has 17 heavy (non-hydrogen) atoms. The van der Waals surface area contributed by atoms with E-state index in [2.05, 4.69) is 25.2 Å². The molecule has 1 N–H and O–H groups in total. The second-order valence-electron chi connectivity index (χ2n) is 4.61. The Balaban J connectivity index is 2.51. The van der Waals surface area contributed by atoms with Crippen molar-refractivity contribution in [2.75, 3.05) is 20.3 Å². The van der Waals surface area contributed by atoms with Gasteiger partial charge >= 0.3 is 0 Å². The third kappa shape index (κ3) is 4.75. The number of rotatable bonds is 7. The fraction of sp³-hybridized carbons (Fsp3) is 0.571. The van der Waals surface area contributed by atoms with Crippen LogP contribution in [0.3, 0.4) is 0 Å². The van der Waals surface area contributed by atoms with Crippen LogP contribution in [0.5, 0.6) is 5.75 Å². The Hall–Kier alpha value is -1.06. The van der Waals surface area contributed by atoms with Gasteiger partial charge in [-0.05, 0) is 26.8 Å². The normalized spacial score (nSPS) is 11.5. The molecule has 96 valence electrons. The highest BCUT2D eigenvalue weighted by atomic mass is 16.5. The fourth-order valence-corrected chi connectivity index (χ4v) is 1.52. The Labute approximate surface area is 104 Å². The van der Waals surface area contributed by atoms with Gasteiger partial charge in [0, 0.05) is 25.8 Å². The molecule has 0 bridgehead atoms. The topological polar surface area (TPSA) is 30.5 Å². The number of hydrogen-bond donors (Lipinski definition) is 1. The lowest BCUT2D eigenvalue weighted by atomic mass is 10.1. The molecule has 0 amide bonds. The van der Waals surface area contributed by atoms with Crippen LogP contribution in [0.2, 0.25) is 0 Å². The molecule has 0 saturated carbocycles. The van der Waals surface area contributed by atoms with Crippen LogP contribution in [0.1, 0.15) is 26.3 Å². The predicted molar refractivity (Wildman–Crippen MR) is 70.4 cm³/mol.